The minimum atomic E-state index is 0.120. The number of unbranched alkanes of at least 4 members (excludes halogenated alkanes) is 1. The lowest BCUT2D eigenvalue weighted by atomic mass is 10.1. The summed E-state index contributed by atoms with van der Waals surface area (Å²) in [5.41, 5.74) is 7.23. The van der Waals surface area contributed by atoms with Crippen LogP contribution in [-0.2, 0) is 11.3 Å². The van der Waals surface area contributed by atoms with Gasteiger partial charge in [0.25, 0.3) is 0 Å². The second kappa shape index (κ2) is 6.85. The van der Waals surface area contributed by atoms with E-state index in [-0.39, 0.29) is 5.84 Å². The molecule has 0 saturated carbocycles. The van der Waals surface area contributed by atoms with Crippen molar-refractivity contribution in [1.82, 2.24) is 0 Å². The molecule has 0 aliphatic rings. The van der Waals surface area contributed by atoms with Crippen LogP contribution in [0, 0.1) is 0 Å². The number of amidine groups is 1. The third kappa shape index (κ3) is 3.55. The van der Waals surface area contributed by atoms with Gasteiger partial charge in [-0.05, 0) is 12.0 Å². The fourth-order valence-corrected chi connectivity index (χ4v) is 1.38. The maximum absolute atomic E-state index is 8.64. The Hall–Kier alpha value is -1.55. The van der Waals surface area contributed by atoms with Crippen molar-refractivity contribution < 1.29 is 9.94 Å². The number of rotatable bonds is 6. The molecule has 0 heterocycles. The van der Waals surface area contributed by atoms with Crippen LogP contribution < -0.4 is 5.73 Å². The van der Waals surface area contributed by atoms with Crippen LogP contribution in [0.2, 0.25) is 0 Å². The van der Waals surface area contributed by atoms with Gasteiger partial charge in [-0.3, -0.25) is 0 Å². The van der Waals surface area contributed by atoms with E-state index < -0.39 is 0 Å². The lowest BCUT2D eigenvalue weighted by Gasteiger charge is -2.08. The van der Waals surface area contributed by atoms with Gasteiger partial charge in [-0.2, -0.15) is 0 Å². The van der Waals surface area contributed by atoms with E-state index in [1.54, 1.807) is 0 Å². The molecule has 88 valence electrons. The third-order valence-corrected chi connectivity index (χ3v) is 2.30. The summed E-state index contributed by atoms with van der Waals surface area (Å²) in [4.78, 5) is 0. The fourth-order valence-electron chi connectivity index (χ4n) is 1.38. The number of oxime groups is 1. The van der Waals surface area contributed by atoms with E-state index in [9.17, 15) is 0 Å². The molecule has 0 saturated heterocycles. The molecule has 0 radical (unpaired) electrons. The molecule has 0 atom stereocenters. The zero-order valence-electron chi connectivity index (χ0n) is 9.52. The van der Waals surface area contributed by atoms with E-state index in [0.717, 1.165) is 30.6 Å². The lowest BCUT2D eigenvalue weighted by Crippen LogP contribution is -2.16. The number of nitrogens with two attached hydrogens (primary N) is 1. The highest BCUT2D eigenvalue weighted by molar-refractivity contribution is 5.98. The Morgan fingerprint density at radius 1 is 1.44 bits per heavy atom. The van der Waals surface area contributed by atoms with Gasteiger partial charge in [-0.1, -0.05) is 42.8 Å². The van der Waals surface area contributed by atoms with Gasteiger partial charge in [0.1, 0.15) is 0 Å². The van der Waals surface area contributed by atoms with Crippen molar-refractivity contribution in [3.05, 3.63) is 35.4 Å². The van der Waals surface area contributed by atoms with Crippen LogP contribution in [-0.4, -0.2) is 17.6 Å². The van der Waals surface area contributed by atoms with Gasteiger partial charge in [0.05, 0.1) is 6.61 Å². The van der Waals surface area contributed by atoms with Crippen molar-refractivity contribution in [1.29, 1.82) is 0 Å². The zero-order chi connectivity index (χ0) is 11.8. The van der Waals surface area contributed by atoms with E-state index >= 15 is 0 Å². The Morgan fingerprint density at radius 2 is 2.19 bits per heavy atom. The molecular formula is C12H18N2O2. The first-order chi connectivity index (χ1) is 7.79. The van der Waals surface area contributed by atoms with Crippen molar-refractivity contribution in [3.63, 3.8) is 0 Å². The van der Waals surface area contributed by atoms with Crippen LogP contribution in [0.5, 0.6) is 0 Å². The van der Waals surface area contributed by atoms with Crippen LogP contribution in [0.3, 0.4) is 0 Å². The molecule has 0 bridgehead atoms. The fraction of sp³-hybridized carbons (Fsp3) is 0.417. The molecule has 4 heteroatoms. The largest absolute Gasteiger partial charge is 0.409 e. The number of benzene rings is 1. The maximum Gasteiger partial charge on any atom is 0.170 e. The summed E-state index contributed by atoms with van der Waals surface area (Å²) in [6.45, 7) is 3.35. The van der Waals surface area contributed by atoms with Crippen LogP contribution >= 0.6 is 0 Å². The topological polar surface area (TPSA) is 67.8 Å². The highest BCUT2D eigenvalue weighted by Crippen LogP contribution is 2.10. The molecule has 0 aromatic heterocycles. The summed E-state index contributed by atoms with van der Waals surface area (Å²) in [6.07, 6.45) is 2.16. The summed E-state index contributed by atoms with van der Waals surface area (Å²) in [7, 11) is 0. The van der Waals surface area contributed by atoms with Gasteiger partial charge in [0, 0.05) is 12.2 Å². The minimum Gasteiger partial charge on any atom is -0.409 e. The van der Waals surface area contributed by atoms with E-state index in [1.807, 2.05) is 24.3 Å². The summed E-state index contributed by atoms with van der Waals surface area (Å²) < 4.78 is 5.50. The van der Waals surface area contributed by atoms with E-state index in [4.69, 9.17) is 15.7 Å². The van der Waals surface area contributed by atoms with Gasteiger partial charge < -0.3 is 15.7 Å². The van der Waals surface area contributed by atoms with Crippen molar-refractivity contribution in [2.24, 2.45) is 10.9 Å². The lowest BCUT2D eigenvalue weighted by molar-refractivity contribution is 0.118. The highest BCUT2D eigenvalue weighted by Gasteiger charge is 2.05. The molecule has 1 rings (SSSR count). The second-order valence-electron chi connectivity index (χ2n) is 3.55. The van der Waals surface area contributed by atoms with Crippen molar-refractivity contribution in [2.45, 2.75) is 26.4 Å². The Labute approximate surface area is 95.7 Å². The molecule has 0 aliphatic carbocycles. The average molecular weight is 222 g/mol. The smallest absolute Gasteiger partial charge is 0.170 e. The van der Waals surface area contributed by atoms with Crippen molar-refractivity contribution in [3.8, 4) is 0 Å². The molecule has 16 heavy (non-hydrogen) atoms. The van der Waals surface area contributed by atoms with Crippen molar-refractivity contribution in [2.75, 3.05) is 6.61 Å². The number of hydrogen-bond donors (Lipinski definition) is 2. The summed E-state index contributed by atoms with van der Waals surface area (Å²) in [5, 5.41) is 11.6. The van der Waals surface area contributed by atoms with Crippen LogP contribution in [0.15, 0.2) is 29.4 Å². The average Bonchev–Trinajstić information content (AvgIpc) is 2.34. The van der Waals surface area contributed by atoms with Gasteiger partial charge in [0.15, 0.2) is 5.84 Å². The Morgan fingerprint density at radius 3 is 2.88 bits per heavy atom. The van der Waals surface area contributed by atoms with Crippen LogP contribution in [0.4, 0.5) is 0 Å². The Balaban J connectivity index is 2.64. The molecule has 4 nitrogen and oxygen atoms in total. The number of ether oxygens (including phenoxy) is 1. The molecule has 0 aliphatic heterocycles. The molecule has 0 unspecified atom stereocenters. The first-order valence-electron chi connectivity index (χ1n) is 5.43. The minimum absolute atomic E-state index is 0.120. The van der Waals surface area contributed by atoms with E-state index in [0.29, 0.717) is 6.61 Å². The third-order valence-electron chi connectivity index (χ3n) is 2.30. The summed E-state index contributed by atoms with van der Waals surface area (Å²) >= 11 is 0. The molecule has 3 N–H and O–H groups in total. The van der Waals surface area contributed by atoms with Crippen LogP contribution in [0.25, 0.3) is 0 Å². The van der Waals surface area contributed by atoms with Gasteiger partial charge in [-0.25, -0.2) is 0 Å². The SMILES string of the molecule is CCCCOCc1ccccc1/C(N)=N/O. The highest BCUT2D eigenvalue weighted by atomic mass is 16.5. The number of hydrogen-bond acceptors (Lipinski definition) is 3. The first kappa shape index (κ1) is 12.5. The predicted octanol–water partition coefficient (Wildman–Crippen LogP) is 2.10. The Kier molecular flexibility index (Phi) is 5.36. The quantitative estimate of drug-likeness (QED) is 0.254. The standard InChI is InChI=1S/C12H18N2O2/c1-2-3-8-16-9-10-6-4-5-7-11(10)12(13)14-15/h4-7,15H,2-3,8-9H2,1H3,(H2,13,14). The maximum atomic E-state index is 8.64. The normalized spacial score (nSPS) is 11.7. The predicted molar refractivity (Wildman–Crippen MR) is 63.5 cm³/mol. The molecule has 1 aromatic rings. The van der Waals surface area contributed by atoms with E-state index in [1.165, 1.54) is 0 Å². The zero-order valence-corrected chi connectivity index (χ0v) is 9.52. The second-order valence-corrected chi connectivity index (χ2v) is 3.55. The monoisotopic (exact) mass is 222 g/mol. The molecule has 0 spiro atoms. The molecular weight excluding hydrogens is 204 g/mol. The Bertz CT molecular complexity index is 351. The molecule has 1 aromatic carbocycles. The van der Waals surface area contributed by atoms with Gasteiger partial charge in [-0.15, -0.1) is 0 Å². The number of nitrogens with zero attached hydrogens (tertiary/aromatic N) is 1. The summed E-state index contributed by atoms with van der Waals surface area (Å²) in [5.74, 6) is 0.120. The van der Waals surface area contributed by atoms with Crippen LogP contribution in [0.1, 0.15) is 30.9 Å². The van der Waals surface area contributed by atoms with Crippen molar-refractivity contribution >= 4 is 5.84 Å². The molecule has 0 fully saturated rings. The van der Waals surface area contributed by atoms with E-state index in [2.05, 4.69) is 12.1 Å². The van der Waals surface area contributed by atoms with Gasteiger partial charge >= 0.3 is 0 Å². The summed E-state index contributed by atoms with van der Waals surface area (Å²) in [6, 6.07) is 7.49. The first-order valence-corrected chi connectivity index (χ1v) is 5.43. The van der Waals surface area contributed by atoms with Gasteiger partial charge in [0.2, 0.25) is 0 Å². The molecule has 0 amide bonds.